The van der Waals surface area contributed by atoms with E-state index < -0.39 is 72.5 Å². The normalized spacial score (nSPS) is 15.7. The molecule has 1 aromatic carbocycles. The number of hydrogen-bond donors (Lipinski definition) is 2. The van der Waals surface area contributed by atoms with Crippen LogP contribution >= 0.6 is 0 Å². The molecule has 20 heteroatoms. The van der Waals surface area contributed by atoms with E-state index in [1.807, 2.05) is 0 Å². The molecule has 0 spiro atoms. The highest BCUT2D eigenvalue weighted by molar-refractivity contribution is 5.81. The Bertz CT molecular complexity index is 991. The molecule has 226 valence electrons. The fourth-order valence-electron chi connectivity index (χ4n) is 2.79. The van der Waals surface area contributed by atoms with Crippen LogP contribution in [-0.2, 0) is 11.2 Å². The quantitative estimate of drug-likeness (QED) is 0.283. The zero-order valence-electron chi connectivity index (χ0n) is 18.5. The van der Waals surface area contributed by atoms with Crippen molar-refractivity contribution in [2.75, 3.05) is 6.54 Å². The number of rotatable bonds is 12. The van der Waals surface area contributed by atoms with Gasteiger partial charge in [0.2, 0.25) is 5.91 Å². The molecule has 0 saturated carbocycles. The minimum absolute atomic E-state index is 0.296. The van der Waals surface area contributed by atoms with Crippen LogP contribution in [0.2, 0.25) is 0 Å². The Hall–Kier alpha value is -2.54. The first-order chi connectivity index (χ1) is 17.1. The summed E-state index contributed by atoms with van der Waals surface area (Å²) in [6.45, 7) is -1.79. The number of amides is 1. The number of carbonyl (C=O) groups excluding carboxylic acids is 1. The molecule has 0 bridgehead atoms. The maximum absolute atomic E-state index is 13.8. The molecular weight excluding hydrogens is 595 g/mol. The molecule has 0 radical (unpaired) electrons. The Morgan fingerprint density at radius 2 is 1.03 bits per heavy atom. The van der Waals surface area contributed by atoms with E-state index >= 15 is 0 Å². The summed E-state index contributed by atoms with van der Waals surface area (Å²) < 4.78 is 225. The van der Waals surface area contributed by atoms with Crippen molar-refractivity contribution in [3.8, 4) is 0 Å². The van der Waals surface area contributed by atoms with Crippen LogP contribution in [-0.4, -0.2) is 66.1 Å². The second-order valence-electron chi connectivity index (χ2n) is 7.99. The average molecular weight is 610 g/mol. The zero-order valence-corrected chi connectivity index (χ0v) is 18.5. The second kappa shape index (κ2) is 10.5. The van der Waals surface area contributed by atoms with E-state index in [1.165, 1.54) is 35.6 Å². The van der Waals surface area contributed by atoms with Crippen LogP contribution < -0.4 is 11.1 Å². The van der Waals surface area contributed by atoms with Gasteiger partial charge in [-0.2, -0.15) is 74.6 Å². The van der Waals surface area contributed by atoms with Crippen molar-refractivity contribution in [3.63, 3.8) is 0 Å². The van der Waals surface area contributed by atoms with Crippen LogP contribution in [0.15, 0.2) is 30.3 Å². The molecule has 1 atom stereocenters. The van der Waals surface area contributed by atoms with Gasteiger partial charge in [0.1, 0.15) is 0 Å². The first-order valence-electron chi connectivity index (χ1n) is 9.92. The smallest absolute Gasteiger partial charge is 0.355 e. The summed E-state index contributed by atoms with van der Waals surface area (Å²) in [5.41, 5.74) is 5.79. The SMILES string of the molecule is N[C@@H](Cc1ccccc1)C(=O)NCCC(F)(F)C(F)(F)C(F)(F)C(F)(F)C(F)(F)C(F)(F)C(F)(F)C(F)(F)F. The molecule has 1 amide bonds. The second-order valence-corrected chi connectivity index (χ2v) is 7.99. The predicted molar refractivity (Wildman–Crippen MR) is 96.4 cm³/mol. The van der Waals surface area contributed by atoms with Crippen LogP contribution in [0.1, 0.15) is 12.0 Å². The fourth-order valence-corrected chi connectivity index (χ4v) is 2.79. The van der Waals surface area contributed by atoms with E-state index in [0.717, 1.165) is 0 Å². The Balaban J connectivity index is 3.18. The van der Waals surface area contributed by atoms with Crippen molar-refractivity contribution in [1.82, 2.24) is 5.32 Å². The highest BCUT2D eigenvalue weighted by Gasteiger charge is 2.95. The van der Waals surface area contributed by atoms with Crippen LogP contribution in [0.5, 0.6) is 0 Å². The molecule has 1 aromatic rings. The van der Waals surface area contributed by atoms with Crippen LogP contribution in [0.25, 0.3) is 0 Å². The lowest BCUT2D eigenvalue weighted by Gasteiger charge is -2.42. The predicted octanol–water partition coefficient (Wildman–Crippen LogP) is 6.07. The van der Waals surface area contributed by atoms with Gasteiger partial charge in [-0.3, -0.25) is 4.79 Å². The average Bonchev–Trinajstić information content (AvgIpc) is 2.77. The van der Waals surface area contributed by atoms with Crippen LogP contribution in [0.4, 0.5) is 74.6 Å². The monoisotopic (exact) mass is 610 g/mol. The standard InChI is InChI=1S/C19H15F17N2O/c20-12(21,6-7-38-11(39)10(37)8-9-4-2-1-3-5-9)13(22,23)14(24,25)15(26,27)16(28,29)17(30,31)18(32,33)19(34,35)36/h1-5,10H,6-8,37H2,(H,38,39)/t10-/m0/s1. The van der Waals surface area contributed by atoms with E-state index in [9.17, 15) is 79.4 Å². The first-order valence-corrected chi connectivity index (χ1v) is 9.92. The maximum atomic E-state index is 13.8. The van der Waals surface area contributed by atoms with Gasteiger partial charge in [-0.25, -0.2) is 0 Å². The van der Waals surface area contributed by atoms with Gasteiger partial charge in [-0.15, -0.1) is 0 Å². The molecule has 0 saturated heterocycles. The van der Waals surface area contributed by atoms with Crippen LogP contribution in [0, 0.1) is 0 Å². The van der Waals surface area contributed by atoms with Gasteiger partial charge in [0.05, 0.1) is 6.04 Å². The van der Waals surface area contributed by atoms with Crippen molar-refractivity contribution in [3.05, 3.63) is 35.9 Å². The summed E-state index contributed by atoms with van der Waals surface area (Å²) in [5, 5.41) is 1.41. The molecule has 3 nitrogen and oxygen atoms in total. The summed E-state index contributed by atoms with van der Waals surface area (Å²) in [6, 6.07) is 5.76. The van der Waals surface area contributed by atoms with E-state index in [0.29, 0.717) is 5.56 Å². The topological polar surface area (TPSA) is 55.1 Å². The highest BCUT2D eigenvalue weighted by Crippen LogP contribution is 2.64. The van der Waals surface area contributed by atoms with Gasteiger partial charge in [-0.05, 0) is 12.0 Å². The number of alkyl halides is 17. The molecule has 39 heavy (non-hydrogen) atoms. The third kappa shape index (κ3) is 5.70. The molecule has 0 aromatic heterocycles. The molecule has 0 heterocycles. The number of nitrogens with two attached hydrogens (primary N) is 1. The number of benzene rings is 1. The van der Waals surface area contributed by atoms with Gasteiger partial charge >= 0.3 is 47.6 Å². The minimum atomic E-state index is -8.68. The van der Waals surface area contributed by atoms with E-state index in [1.54, 1.807) is 0 Å². The molecule has 3 N–H and O–H groups in total. The Morgan fingerprint density at radius 1 is 0.641 bits per heavy atom. The summed E-state index contributed by atoms with van der Waals surface area (Å²) in [5.74, 6) is -58.2. The third-order valence-electron chi connectivity index (χ3n) is 5.16. The molecule has 0 aliphatic rings. The minimum Gasteiger partial charge on any atom is -0.355 e. The van der Waals surface area contributed by atoms with Gasteiger partial charge in [0, 0.05) is 13.0 Å². The van der Waals surface area contributed by atoms with Crippen LogP contribution in [0.3, 0.4) is 0 Å². The Kier molecular flexibility index (Phi) is 9.25. The van der Waals surface area contributed by atoms with Gasteiger partial charge in [0.15, 0.2) is 0 Å². The lowest BCUT2D eigenvalue weighted by Crippen LogP contribution is -2.74. The van der Waals surface area contributed by atoms with Crippen molar-refractivity contribution in [2.24, 2.45) is 5.73 Å². The van der Waals surface area contributed by atoms with Gasteiger partial charge in [0.25, 0.3) is 0 Å². The number of halogens is 17. The Morgan fingerprint density at radius 3 is 1.44 bits per heavy atom. The van der Waals surface area contributed by atoms with Crippen molar-refractivity contribution in [2.45, 2.75) is 66.5 Å². The number of hydrogen-bond acceptors (Lipinski definition) is 2. The first kappa shape index (κ1) is 34.5. The third-order valence-corrected chi connectivity index (χ3v) is 5.16. The molecule has 1 rings (SSSR count). The van der Waals surface area contributed by atoms with E-state index in [-0.39, 0.29) is 6.42 Å². The number of carbonyl (C=O) groups is 1. The van der Waals surface area contributed by atoms with Crippen molar-refractivity contribution < 1.29 is 79.4 Å². The zero-order chi connectivity index (χ0) is 31.1. The van der Waals surface area contributed by atoms with E-state index in [4.69, 9.17) is 5.73 Å². The molecule has 0 aliphatic heterocycles. The maximum Gasteiger partial charge on any atom is 0.460 e. The molecular formula is C19H15F17N2O. The summed E-state index contributed by atoms with van der Waals surface area (Å²) in [4.78, 5) is 11.8. The fraction of sp³-hybridized carbons (Fsp3) is 0.632. The Labute approximate surface area is 206 Å². The molecule has 0 unspecified atom stereocenters. The van der Waals surface area contributed by atoms with Crippen molar-refractivity contribution >= 4 is 5.91 Å². The highest BCUT2D eigenvalue weighted by atomic mass is 19.4. The number of nitrogens with one attached hydrogen (secondary N) is 1. The lowest BCUT2D eigenvalue weighted by molar-refractivity contribution is -0.461. The van der Waals surface area contributed by atoms with E-state index in [2.05, 4.69) is 0 Å². The van der Waals surface area contributed by atoms with Crippen molar-refractivity contribution in [1.29, 1.82) is 0 Å². The van der Waals surface area contributed by atoms with Gasteiger partial charge in [-0.1, -0.05) is 30.3 Å². The molecule has 0 fully saturated rings. The summed E-state index contributed by atoms with van der Waals surface area (Å²) >= 11 is 0. The lowest BCUT2D eigenvalue weighted by atomic mass is 9.88. The molecule has 0 aliphatic carbocycles. The summed E-state index contributed by atoms with van der Waals surface area (Å²) in [6.07, 6.45) is -10.9. The summed E-state index contributed by atoms with van der Waals surface area (Å²) in [7, 11) is 0. The largest absolute Gasteiger partial charge is 0.460 e. The van der Waals surface area contributed by atoms with Gasteiger partial charge < -0.3 is 11.1 Å².